The molecule has 0 saturated carbocycles. The van der Waals surface area contributed by atoms with Gasteiger partial charge in [-0.3, -0.25) is 0 Å². The van der Waals surface area contributed by atoms with Crippen molar-refractivity contribution in [1.29, 1.82) is 0 Å². The van der Waals surface area contributed by atoms with E-state index in [1.807, 2.05) is 6.92 Å². The molecule has 1 aromatic carbocycles. The number of aryl methyl sites for hydroxylation is 2. The maximum Gasteiger partial charge on any atom is 0.158 e. The van der Waals surface area contributed by atoms with Gasteiger partial charge in [0, 0.05) is 10.9 Å². The molecule has 0 aliphatic rings. The lowest BCUT2D eigenvalue weighted by atomic mass is 10.2. The molecule has 108 valence electrons. The molecule has 3 aromatic rings. The Hall–Kier alpha value is -2.30. The number of fused-ring (bicyclic) bond motifs is 1. The molecule has 0 atom stereocenters. The fourth-order valence-electron chi connectivity index (χ4n) is 2.38. The second-order valence-electron chi connectivity index (χ2n) is 4.98. The van der Waals surface area contributed by atoms with Gasteiger partial charge in [0.25, 0.3) is 0 Å². The molecule has 0 radical (unpaired) electrons. The highest BCUT2D eigenvalue weighted by Crippen LogP contribution is 2.21. The van der Waals surface area contributed by atoms with Crippen LogP contribution in [0.5, 0.6) is 0 Å². The highest BCUT2D eigenvalue weighted by atomic mass is 19.1. The molecule has 5 heteroatoms. The summed E-state index contributed by atoms with van der Waals surface area (Å²) in [5, 5.41) is 5.14. The van der Waals surface area contributed by atoms with Crippen LogP contribution in [0.15, 0.2) is 30.3 Å². The first-order chi connectivity index (χ1) is 10.1. The van der Waals surface area contributed by atoms with Gasteiger partial charge in [-0.15, -0.1) is 0 Å². The SMILES string of the molecule is CCc1nn(Cc2ccccc2F)c2nc(C)c(F)cc12. The van der Waals surface area contributed by atoms with Crippen molar-refractivity contribution in [1.82, 2.24) is 14.8 Å². The number of benzene rings is 1. The predicted octanol–water partition coefficient (Wildman–Crippen LogP) is 3.63. The lowest BCUT2D eigenvalue weighted by Crippen LogP contribution is -2.05. The largest absolute Gasteiger partial charge is 0.242 e. The van der Waals surface area contributed by atoms with Gasteiger partial charge >= 0.3 is 0 Å². The lowest BCUT2D eigenvalue weighted by molar-refractivity contribution is 0.585. The molecule has 0 N–H and O–H groups in total. The Kier molecular flexibility index (Phi) is 3.41. The zero-order valence-electron chi connectivity index (χ0n) is 11.9. The first-order valence-electron chi connectivity index (χ1n) is 6.86. The van der Waals surface area contributed by atoms with Gasteiger partial charge in [0.1, 0.15) is 11.6 Å². The molecule has 21 heavy (non-hydrogen) atoms. The Morgan fingerprint density at radius 3 is 2.62 bits per heavy atom. The molecule has 0 bridgehead atoms. The summed E-state index contributed by atoms with van der Waals surface area (Å²) in [5.74, 6) is -0.624. The van der Waals surface area contributed by atoms with Crippen LogP contribution in [0.4, 0.5) is 8.78 Å². The third kappa shape index (κ3) is 2.39. The summed E-state index contributed by atoms with van der Waals surface area (Å²) >= 11 is 0. The van der Waals surface area contributed by atoms with E-state index in [0.717, 1.165) is 5.69 Å². The van der Waals surface area contributed by atoms with E-state index in [0.29, 0.717) is 28.7 Å². The third-order valence-electron chi connectivity index (χ3n) is 3.54. The van der Waals surface area contributed by atoms with Crippen LogP contribution in [0.3, 0.4) is 0 Å². The monoisotopic (exact) mass is 287 g/mol. The molecule has 0 unspecified atom stereocenters. The van der Waals surface area contributed by atoms with E-state index < -0.39 is 0 Å². The number of pyridine rings is 1. The number of hydrogen-bond donors (Lipinski definition) is 0. The molecule has 0 spiro atoms. The predicted molar refractivity (Wildman–Crippen MR) is 77.1 cm³/mol. The van der Waals surface area contributed by atoms with Crippen molar-refractivity contribution < 1.29 is 8.78 Å². The van der Waals surface area contributed by atoms with E-state index in [4.69, 9.17) is 0 Å². The van der Waals surface area contributed by atoms with Crippen LogP contribution in [0, 0.1) is 18.6 Å². The number of hydrogen-bond acceptors (Lipinski definition) is 2. The molecule has 0 aliphatic carbocycles. The minimum Gasteiger partial charge on any atom is -0.242 e. The molecular weight excluding hydrogens is 272 g/mol. The molecule has 0 aliphatic heterocycles. The lowest BCUT2D eigenvalue weighted by Gasteiger charge is -2.05. The molecule has 2 heterocycles. The summed E-state index contributed by atoms with van der Waals surface area (Å²) in [4.78, 5) is 4.27. The van der Waals surface area contributed by atoms with E-state index in [2.05, 4.69) is 10.1 Å². The van der Waals surface area contributed by atoms with E-state index in [1.54, 1.807) is 29.8 Å². The Morgan fingerprint density at radius 2 is 1.90 bits per heavy atom. The minimum absolute atomic E-state index is 0.279. The zero-order chi connectivity index (χ0) is 15.0. The van der Waals surface area contributed by atoms with Gasteiger partial charge in [-0.2, -0.15) is 5.10 Å². The Labute approximate surface area is 121 Å². The molecule has 0 amide bonds. The van der Waals surface area contributed by atoms with Gasteiger partial charge < -0.3 is 0 Å². The van der Waals surface area contributed by atoms with Crippen molar-refractivity contribution in [3.05, 3.63) is 58.9 Å². The smallest absolute Gasteiger partial charge is 0.158 e. The van der Waals surface area contributed by atoms with Crippen LogP contribution in [0.1, 0.15) is 23.9 Å². The highest BCUT2D eigenvalue weighted by molar-refractivity contribution is 5.78. The van der Waals surface area contributed by atoms with E-state index in [9.17, 15) is 8.78 Å². The van der Waals surface area contributed by atoms with Crippen LogP contribution in [-0.4, -0.2) is 14.8 Å². The number of nitrogens with zero attached hydrogens (tertiary/aromatic N) is 3. The van der Waals surface area contributed by atoms with Crippen LogP contribution < -0.4 is 0 Å². The molecule has 3 nitrogen and oxygen atoms in total. The van der Waals surface area contributed by atoms with E-state index in [1.165, 1.54) is 12.1 Å². The van der Waals surface area contributed by atoms with Crippen LogP contribution in [0.2, 0.25) is 0 Å². The quantitative estimate of drug-likeness (QED) is 0.736. The maximum absolute atomic E-state index is 13.8. The Bertz CT molecular complexity index is 809. The summed E-state index contributed by atoms with van der Waals surface area (Å²) < 4.78 is 29.1. The minimum atomic E-state index is -0.345. The van der Waals surface area contributed by atoms with Crippen molar-refractivity contribution >= 4 is 11.0 Å². The van der Waals surface area contributed by atoms with E-state index >= 15 is 0 Å². The van der Waals surface area contributed by atoms with Crippen molar-refractivity contribution in [3.63, 3.8) is 0 Å². The fourth-order valence-corrected chi connectivity index (χ4v) is 2.38. The van der Waals surface area contributed by atoms with Crippen molar-refractivity contribution in [2.75, 3.05) is 0 Å². The highest BCUT2D eigenvalue weighted by Gasteiger charge is 2.14. The Balaban J connectivity index is 2.14. The van der Waals surface area contributed by atoms with Gasteiger partial charge in [0.2, 0.25) is 0 Å². The molecule has 3 rings (SSSR count). The first kappa shape index (κ1) is 13.7. The van der Waals surface area contributed by atoms with Crippen LogP contribution in [0.25, 0.3) is 11.0 Å². The standard InChI is InChI=1S/C16H15F2N3/c1-3-15-12-8-14(18)10(2)19-16(12)21(20-15)9-11-6-4-5-7-13(11)17/h4-8H,3,9H2,1-2H3. The summed E-state index contributed by atoms with van der Waals surface area (Å²) in [6.45, 7) is 3.84. The van der Waals surface area contributed by atoms with Gasteiger partial charge in [-0.25, -0.2) is 18.4 Å². The maximum atomic E-state index is 13.8. The van der Waals surface area contributed by atoms with Gasteiger partial charge in [0.05, 0.1) is 17.9 Å². The third-order valence-corrected chi connectivity index (χ3v) is 3.54. The summed E-state index contributed by atoms with van der Waals surface area (Å²) in [5.41, 5.74) is 2.22. The Morgan fingerprint density at radius 1 is 1.14 bits per heavy atom. The van der Waals surface area contributed by atoms with Crippen molar-refractivity contribution in [2.24, 2.45) is 0 Å². The summed E-state index contributed by atoms with van der Waals surface area (Å²) in [6.07, 6.45) is 0.672. The van der Waals surface area contributed by atoms with Gasteiger partial charge in [-0.05, 0) is 25.5 Å². The van der Waals surface area contributed by atoms with Crippen molar-refractivity contribution in [3.8, 4) is 0 Å². The number of rotatable bonds is 3. The van der Waals surface area contributed by atoms with Crippen LogP contribution >= 0.6 is 0 Å². The normalized spacial score (nSPS) is 11.2. The van der Waals surface area contributed by atoms with Gasteiger partial charge in [0.15, 0.2) is 5.65 Å². The average molecular weight is 287 g/mol. The second-order valence-corrected chi connectivity index (χ2v) is 4.98. The fraction of sp³-hybridized carbons (Fsp3) is 0.250. The average Bonchev–Trinajstić information content (AvgIpc) is 2.79. The van der Waals surface area contributed by atoms with Gasteiger partial charge in [-0.1, -0.05) is 25.1 Å². The molecular formula is C16H15F2N3. The molecule has 0 saturated heterocycles. The molecule has 2 aromatic heterocycles. The number of aromatic nitrogens is 3. The van der Waals surface area contributed by atoms with Crippen LogP contribution in [-0.2, 0) is 13.0 Å². The number of halogens is 2. The first-order valence-corrected chi connectivity index (χ1v) is 6.86. The summed E-state index contributed by atoms with van der Waals surface area (Å²) in [7, 11) is 0. The topological polar surface area (TPSA) is 30.7 Å². The summed E-state index contributed by atoms with van der Waals surface area (Å²) in [6, 6.07) is 8.02. The second kappa shape index (κ2) is 5.24. The van der Waals surface area contributed by atoms with Crippen molar-refractivity contribution in [2.45, 2.75) is 26.8 Å². The molecule has 0 fully saturated rings. The van der Waals surface area contributed by atoms with E-state index in [-0.39, 0.29) is 18.2 Å². The zero-order valence-corrected chi connectivity index (χ0v) is 11.9.